The van der Waals surface area contributed by atoms with Crippen molar-refractivity contribution >= 4 is 27.3 Å². The second-order valence-corrected chi connectivity index (χ2v) is 6.25. The van der Waals surface area contributed by atoms with E-state index in [0.29, 0.717) is 6.54 Å². The van der Waals surface area contributed by atoms with Gasteiger partial charge in [-0.15, -0.1) is 11.3 Å². The lowest BCUT2D eigenvalue weighted by molar-refractivity contribution is 0.244. The molecule has 0 aliphatic rings. The average Bonchev–Trinajstić information content (AvgIpc) is 2.85. The van der Waals surface area contributed by atoms with Gasteiger partial charge in [0.25, 0.3) is 0 Å². The first-order chi connectivity index (χ1) is 8.70. The van der Waals surface area contributed by atoms with Gasteiger partial charge in [-0.2, -0.15) is 0 Å². The standard InChI is InChI=1S/C14H17BrN2S/c1-17(10-13-3-2-8-18-13)14(9-16)11-4-6-12(15)7-5-11/h2-8,14H,9-10,16H2,1H3. The lowest BCUT2D eigenvalue weighted by Crippen LogP contribution is -2.29. The zero-order chi connectivity index (χ0) is 13.0. The van der Waals surface area contributed by atoms with Gasteiger partial charge in [0.1, 0.15) is 0 Å². The molecule has 0 aliphatic carbocycles. The summed E-state index contributed by atoms with van der Waals surface area (Å²) in [6.07, 6.45) is 0. The van der Waals surface area contributed by atoms with E-state index in [1.165, 1.54) is 10.4 Å². The molecular weight excluding hydrogens is 308 g/mol. The maximum atomic E-state index is 5.92. The Bertz CT molecular complexity index is 467. The third-order valence-corrected chi connectivity index (χ3v) is 4.39. The van der Waals surface area contributed by atoms with Crippen LogP contribution in [0.5, 0.6) is 0 Å². The fraction of sp³-hybridized carbons (Fsp3) is 0.286. The molecule has 0 radical (unpaired) electrons. The van der Waals surface area contributed by atoms with Gasteiger partial charge in [0.05, 0.1) is 0 Å². The number of thiophene rings is 1. The summed E-state index contributed by atoms with van der Waals surface area (Å²) >= 11 is 5.25. The predicted molar refractivity (Wildman–Crippen MR) is 81.7 cm³/mol. The van der Waals surface area contributed by atoms with Gasteiger partial charge in [-0.3, -0.25) is 4.90 Å². The van der Waals surface area contributed by atoms with E-state index in [-0.39, 0.29) is 6.04 Å². The summed E-state index contributed by atoms with van der Waals surface area (Å²) in [5.41, 5.74) is 7.19. The zero-order valence-electron chi connectivity index (χ0n) is 10.3. The molecule has 18 heavy (non-hydrogen) atoms. The highest BCUT2D eigenvalue weighted by Crippen LogP contribution is 2.23. The minimum atomic E-state index is 0.264. The minimum Gasteiger partial charge on any atom is -0.329 e. The van der Waals surface area contributed by atoms with Gasteiger partial charge in [0.15, 0.2) is 0 Å². The number of halogens is 1. The number of rotatable bonds is 5. The van der Waals surface area contributed by atoms with Crippen molar-refractivity contribution in [1.82, 2.24) is 4.90 Å². The van der Waals surface area contributed by atoms with Gasteiger partial charge in [0.2, 0.25) is 0 Å². The maximum Gasteiger partial charge on any atom is 0.0471 e. The van der Waals surface area contributed by atoms with Gasteiger partial charge < -0.3 is 5.73 Å². The summed E-state index contributed by atoms with van der Waals surface area (Å²) in [6, 6.07) is 12.9. The summed E-state index contributed by atoms with van der Waals surface area (Å²) in [5.74, 6) is 0. The van der Waals surface area contributed by atoms with Crippen molar-refractivity contribution in [2.75, 3.05) is 13.6 Å². The van der Waals surface area contributed by atoms with Crippen LogP contribution in [0.3, 0.4) is 0 Å². The SMILES string of the molecule is CN(Cc1cccs1)C(CN)c1ccc(Br)cc1. The number of benzene rings is 1. The fourth-order valence-electron chi connectivity index (χ4n) is 2.01. The van der Waals surface area contributed by atoms with Crippen molar-refractivity contribution < 1.29 is 0 Å². The molecule has 2 rings (SSSR count). The summed E-state index contributed by atoms with van der Waals surface area (Å²) in [5, 5.41) is 2.11. The summed E-state index contributed by atoms with van der Waals surface area (Å²) in [4.78, 5) is 3.67. The van der Waals surface area contributed by atoms with Gasteiger partial charge in [-0.25, -0.2) is 0 Å². The molecule has 0 aliphatic heterocycles. The molecule has 1 atom stereocenters. The van der Waals surface area contributed by atoms with Crippen LogP contribution in [0.2, 0.25) is 0 Å². The number of hydrogen-bond donors (Lipinski definition) is 1. The quantitative estimate of drug-likeness (QED) is 0.909. The molecule has 2 N–H and O–H groups in total. The van der Waals surface area contributed by atoms with Crippen molar-refractivity contribution in [1.29, 1.82) is 0 Å². The molecule has 1 aromatic heterocycles. The van der Waals surface area contributed by atoms with E-state index < -0.39 is 0 Å². The molecule has 0 spiro atoms. The highest BCUT2D eigenvalue weighted by Gasteiger charge is 2.15. The number of hydrogen-bond acceptors (Lipinski definition) is 3. The van der Waals surface area contributed by atoms with Crippen LogP contribution < -0.4 is 5.73 Å². The first-order valence-electron chi connectivity index (χ1n) is 5.89. The second kappa shape index (κ2) is 6.48. The minimum absolute atomic E-state index is 0.264. The van der Waals surface area contributed by atoms with Crippen molar-refractivity contribution in [3.8, 4) is 0 Å². The normalized spacial score (nSPS) is 12.9. The Balaban J connectivity index is 2.10. The molecule has 2 nitrogen and oxygen atoms in total. The summed E-state index contributed by atoms with van der Waals surface area (Å²) in [6.45, 7) is 1.57. The average molecular weight is 325 g/mol. The molecular formula is C14H17BrN2S. The molecule has 0 amide bonds. The first-order valence-corrected chi connectivity index (χ1v) is 7.56. The highest BCUT2D eigenvalue weighted by atomic mass is 79.9. The molecule has 0 saturated carbocycles. The Morgan fingerprint density at radius 3 is 2.56 bits per heavy atom. The molecule has 96 valence electrons. The number of nitrogens with zero attached hydrogens (tertiary/aromatic N) is 1. The smallest absolute Gasteiger partial charge is 0.0471 e. The Morgan fingerprint density at radius 2 is 2.00 bits per heavy atom. The van der Waals surface area contributed by atoms with E-state index >= 15 is 0 Å². The predicted octanol–water partition coefficient (Wildman–Crippen LogP) is 3.64. The van der Waals surface area contributed by atoms with Crippen molar-refractivity contribution in [3.05, 3.63) is 56.7 Å². The molecule has 0 bridgehead atoms. The first kappa shape index (κ1) is 13.7. The number of nitrogens with two attached hydrogens (primary N) is 1. The molecule has 1 heterocycles. The lowest BCUT2D eigenvalue weighted by atomic mass is 10.1. The third kappa shape index (κ3) is 3.42. The fourth-order valence-corrected chi connectivity index (χ4v) is 3.05. The van der Waals surface area contributed by atoms with Crippen molar-refractivity contribution in [3.63, 3.8) is 0 Å². The molecule has 1 unspecified atom stereocenters. The zero-order valence-corrected chi connectivity index (χ0v) is 12.7. The molecule has 1 aromatic carbocycles. The summed E-state index contributed by atoms with van der Waals surface area (Å²) in [7, 11) is 2.12. The van der Waals surface area contributed by atoms with Gasteiger partial charge in [-0.1, -0.05) is 34.1 Å². The monoisotopic (exact) mass is 324 g/mol. The van der Waals surface area contributed by atoms with E-state index in [9.17, 15) is 0 Å². The second-order valence-electron chi connectivity index (χ2n) is 4.30. The van der Waals surface area contributed by atoms with Crippen LogP contribution in [-0.2, 0) is 6.54 Å². The molecule has 4 heteroatoms. The van der Waals surface area contributed by atoms with E-state index in [4.69, 9.17) is 5.73 Å². The summed E-state index contributed by atoms with van der Waals surface area (Å²) < 4.78 is 1.10. The Morgan fingerprint density at radius 1 is 1.28 bits per heavy atom. The van der Waals surface area contributed by atoms with Crippen LogP contribution in [-0.4, -0.2) is 18.5 Å². The van der Waals surface area contributed by atoms with Crippen molar-refractivity contribution in [2.24, 2.45) is 5.73 Å². The van der Waals surface area contributed by atoms with Gasteiger partial charge >= 0.3 is 0 Å². The Kier molecular flexibility index (Phi) is 4.95. The maximum absolute atomic E-state index is 5.92. The highest BCUT2D eigenvalue weighted by molar-refractivity contribution is 9.10. The molecule has 0 fully saturated rings. The van der Waals surface area contributed by atoms with E-state index in [1.807, 2.05) is 0 Å². The Hall–Kier alpha value is -0.680. The van der Waals surface area contributed by atoms with Crippen LogP contribution in [0.1, 0.15) is 16.5 Å². The third-order valence-electron chi connectivity index (χ3n) is 3.00. The van der Waals surface area contributed by atoms with Gasteiger partial charge in [0, 0.05) is 28.5 Å². The largest absolute Gasteiger partial charge is 0.329 e. The Labute approximate surface area is 121 Å². The van der Waals surface area contributed by atoms with Crippen LogP contribution in [0.25, 0.3) is 0 Å². The van der Waals surface area contributed by atoms with E-state index in [2.05, 4.69) is 69.7 Å². The lowest BCUT2D eigenvalue weighted by Gasteiger charge is -2.27. The topological polar surface area (TPSA) is 29.3 Å². The number of likely N-dealkylation sites (N-methyl/N-ethyl adjacent to an activating group) is 1. The van der Waals surface area contributed by atoms with Crippen LogP contribution in [0, 0.1) is 0 Å². The van der Waals surface area contributed by atoms with E-state index in [0.717, 1.165) is 11.0 Å². The van der Waals surface area contributed by atoms with Crippen LogP contribution in [0.4, 0.5) is 0 Å². The van der Waals surface area contributed by atoms with Crippen LogP contribution in [0.15, 0.2) is 46.3 Å². The van der Waals surface area contributed by atoms with Gasteiger partial charge in [-0.05, 0) is 36.2 Å². The molecule has 0 saturated heterocycles. The molecule has 2 aromatic rings. The van der Waals surface area contributed by atoms with Crippen molar-refractivity contribution in [2.45, 2.75) is 12.6 Å². The van der Waals surface area contributed by atoms with Crippen LogP contribution >= 0.6 is 27.3 Å². The van der Waals surface area contributed by atoms with E-state index in [1.54, 1.807) is 11.3 Å².